The van der Waals surface area contributed by atoms with Gasteiger partial charge in [0.1, 0.15) is 11.4 Å². The van der Waals surface area contributed by atoms with Gasteiger partial charge in [-0.2, -0.15) is 0 Å². The van der Waals surface area contributed by atoms with Gasteiger partial charge >= 0.3 is 0 Å². The third kappa shape index (κ3) is 4.01. The van der Waals surface area contributed by atoms with E-state index in [4.69, 9.17) is 9.47 Å². The molecule has 0 aliphatic rings. The van der Waals surface area contributed by atoms with Gasteiger partial charge in [-0.05, 0) is 46.8 Å². The molecule has 0 bridgehead atoms. The molecule has 0 spiro atoms. The highest BCUT2D eigenvalue weighted by molar-refractivity contribution is 5.44. The Labute approximate surface area is 97.0 Å². The van der Waals surface area contributed by atoms with Gasteiger partial charge in [0.25, 0.3) is 0 Å². The van der Waals surface area contributed by atoms with Crippen LogP contribution in [0.4, 0.5) is 0 Å². The first kappa shape index (κ1) is 12.7. The lowest BCUT2D eigenvalue weighted by Crippen LogP contribution is -2.22. The maximum atomic E-state index is 9.76. The lowest BCUT2D eigenvalue weighted by Gasteiger charge is -2.22. The van der Waals surface area contributed by atoms with Crippen molar-refractivity contribution in [3.8, 4) is 17.2 Å². The summed E-state index contributed by atoms with van der Waals surface area (Å²) in [6, 6.07) is 5.08. The first-order valence-electron chi connectivity index (χ1n) is 5.46. The standard InChI is InChI=1S/C13H20O3/c1-9(2)15-10-6-7-12(11(14)8-10)16-13(3,4)5/h6-9,14H,1-5H3. The van der Waals surface area contributed by atoms with Crippen molar-refractivity contribution in [2.45, 2.75) is 46.3 Å². The molecule has 0 aromatic heterocycles. The van der Waals surface area contributed by atoms with Crippen LogP contribution in [0.5, 0.6) is 17.2 Å². The van der Waals surface area contributed by atoms with Crippen molar-refractivity contribution in [3.63, 3.8) is 0 Å². The van der Waals surface area contributed by atoms with Crippen LogP contribution in [0.2, 0.25) is 0 Å². The minimum atomic E-state index is -0.322. The summed E-state index contributed by atoms with van der Waals surface area (Å²) >= 11 is 0. The average molecular weight is 224 g/mol. The molecule has 0 atom stereocenters. The van der Waals surface area contributed by atoms with E-state index >= 15 is 0 Å². The third-order valence-electron chi connectivity index (χ3n) is 1.72. The second-order valence-electron chi connectivity index (χ2n) is 5.01. The Bertz CT molecular complexity index is 351. The fraction of sp³-hybridized carbons (Fsp3) is 0.538. The van der Waals surface area contributed by atoms with Gasteiger partial charge in [-0.1, -0.05) is 0 Å². The molecular formula is C13H20O3. The summed E-state index contributed by atoms with van der Waals surface area (Å²) in [5, 5.41) is 9.76. The molecular weight excluding hydrogens is 204 g/mol. The smallest absolute Gasteiger partial charge is 0.161 e. The molecule has 0 aliphatic carbocycles. The van der Waals surface area contributed by atoms with E-state index in [2.05, 4.69) is 0 Å². The highest BCUT2D eigenvalue weighted by Gasteiger charge is 2.15. The lowest BCUT2D eigenvalue weighted by atomic mass is 10.2. The van der Waals surface area contributed by atoms with E-state index in [-0.39, 0.29) is 17.5 Å². The van der Waals surface area contributed by atoms with Crippen LogP contribution in [0.1, 0.15) is 34.6 Å². The van der Waals surface area contributed by atoms with E-state index in [9.17, 15) is 5.11 Å². The molecule has 0 fully saturated rings. The maximum Gasteiger partial charge on any atom is 0.161 e. The molecule has 0 saturated heterocycles. The van der Waals surface area contributed by atoms with Gasteiger partial charge in [-0.15, -0.1) is 0 Å². The lowest BCUT2D eigenvalue weighted by molar-refractivity contribution is 0.125. The van der Waals surface area contributed by atoms with E-state index in [1.165, 1.54) is 0 Å². The Morgan fingerprint density at radius 1 is 1.19 bits per heavy atom. The molecule has 0 aliphatic heterocycles. The van der Waals surface area contributed by atoms with Gasteiger partial charge in [-0.25, -0.2) is 0 Å². The molecule has 0 radical (unpaired) electrons. The Morgan fingerprint density at radius 3 is 2.25 bits per heavy atom. The van der Waals surface area contributed by atoms with Gasteiger partial charge in [0.15, 0.2) is 11.5 Å². The summed E-state index contributed by atoms with van der Waals surface area (Å²) in [7, 11) is 0. The minimum absolute atomic E-state index is 0.0915. The molecule has 3 heteroatoms. The summed E-state index contributed by atoms with van der Waals surface area (Å²) in [4.78, 5) is 0. The van der Waals surface area contributed by atoms with Crippen LogP contribution in [0.3, 0.4) is 0 Å². The zero-order valence-corrected chi connectivity index (χ0v) is 10.6. The molecule has 0 saturated carbocycles. The van der Waals surface area contributed by atoms with Crippen molar-refractivity contribution in [3.05, 3.63) is 18.2 Å². The van der Waals surface area contributed by atoms with Crippen LogP contribution < -0.4 is 9.47 Å². The van der Waals surface area contributed by atoms with Crippen molar-refractivity contribution >= 4 is 0 Å². The van der Waals surface area contributed by atoms with E-state index < -0.39 is 0 Å². The Balaban J connectivity index is 2.83. The SMILES string of the molecule is CC(C)Oc1ccc(OC(C)(C)C)c(O)c1. The second-order valence-corrected chi connectivity index (χ2v) is 5.01. The number of aromatic hydroxyl groups is 1. The van der Waals surface area contributed by atoms with Crippen molar-refractivity contribution in [2.24, 2.45) is 0 Å². The van der Waals surface area contributed by atoms with E-state index in [1.54, 1.807) is 18.2 Å². The number of phenols is 1. The first-order chi connectivity index (χ1) is 7.28. The fourth-order valence-corrected chi connectivity index (χ4v) is 1.26. The first-order valence-corrected chi connectivity index (χ1v) is 5.46. The van der Waals surface area contributed by atoms with Gasteiger partial charge < -0.3 is 14.6 Å². The number of ether oxygens (including phenoxy) is 2. The van der Waals surface area contributed by atoms with Gasteiger partial charge in [-0.3, -0.25) is 0 Å². The molecule has 1 rings (SSSR count). The van der Waals surface area contributed by atoms with Crippen molar-refractivity contribution in [2.75, 3.05) is 0 Å². The second kappa shape index (κ2) is 4.64. The third-order valence-corrected chi connectivity index (χ3v) is 1.72. The number of hydrogen-bond acceptors (Lipinski definition) is 3. The molecule has 1 N–H and O–H groups in total. The molecule has 3 nitrogen and oxygen atoms in total. The van der Waals surface area contributed by atoms with Crippen LogP contribution in [0, 0.1) is 0 Å². The summed E-state index contributed by atoms with van der Waals surface area (Å²) in [5.41, 5.74) is -0.322. The quantitative estimate of drug-likeness (QED) is 0.855. The van der Waals surface area contributed by atoms with Crippen LogP contribution >= 0.6 is 0 Å². The molecule has 0 amide bonds. The molecule has 1 aromatic carbocycles. The van der Waals surface area contributed by atoms with Crippen LogP contribution in [0.25, 0.3) is 0 Å². The number of hydrogen-bond donors (Lipinski definition) is 1. The minimum Gasteiger partial charge on any atom is -0.504 e. The topological polar surface area (TPSA) is 38.7 Å². The summed E-state index contributed by atoms with van der Waals surface area (Å²) in [6.45, 7) is 9.69. The van der Waals surface area contributed by atoms with E-state index in [0.717, 1.165) is 0 Å². The van der Waals surface area contributed by atoms with Crippen molar-refractivity contribution < 1.29 is 14.6 Å². The molecule has 0 unspecified atom stereocenters. The van der Waals surface area contributed by atoms with Crippen LogP contribution in [-0.4, -0.2) is 16.8 Å². The van der Waals surface area contributed by atoms with Crippen LogP contribution in [0.15, 0.2) is 18.2 Å². The number of benzene rings is 1. The Morgan fingerprint density at radius 2 is 1.81 bits per heavy atom. The van der Waals surface area contributed by atoms with Crippen molar-refractivity contribution in [1.29, 1.82) is 0 Å². The van der Waals surface area contributed by atoms with Gasteiger partial charge in [0, 0.05) is 6.07 Å². The molecule has 90 valence electrons. The van der Waals surface area contributed by atoms with E-state index in [1.807, 2.05) is 34.6 Å². The average Bonchev–Trinajstić information content (AvgIpc) is 2.06. The largest absolute Gasteiger partial charge is 0.504 e. The van der Waals surface area contributed by atoms with Gasteiger partial charge in [0.05, 0.1) is 6.10 Å². The van der Waals surface area contributed by atoms with Crippen molar-refractivity contribution in [1.82, 2.24) is 0 Å². The maximum absolute atomic E-state index is 9.76. The zero-order chi connectivity index (χ0) is 12.3. The van der Waals surface area contributed by atoms with E-state index in [0.29, 0.717) is 11.5 Å². The zero-order valence-electron chi connectivity index (χ0n) is 10.6. The molecule has 0 heterocycles. The fourth-order valence-electron chi connectivity index (χ4n) is 1.26. The Kier molecular flexibility index (Phi) is 3.68. The molecule has 16 heavy (non-hydrogen) atoms. The number of phenolic OH excluding ortho intramolecular Hbond substituents is 1. The monoisotopic (exact) mass is 224 g/mol. The highest BCUT2D eigenvalue weighted by atomic mass is 16.5. The van der Waals surface area contributed by atoms with Crippen LogP contribution in [-0.2, 0) is 0 Å². The summed E-state index contributed by atoms with van der Waals surface area (Å²) < 4.78 is 11.1. The highest BCUT2D eigenvalue weighted by Crippen LogP contribution is 2.32. The molecule has 1 aromatic rings. The predicted octanol–water partition coefficient (Wildman–Crippen LogP) is 3.36. The summed E-state index contributed by atoms with van der Waals surface area (Å²) in [5.74, 6) is 1.23. The normalized spacial score (nSPS) is 11.6. The Hall–Kier alpha value is -1.38. The summed E-state index contributed by atoms with van der Waals surface area (Å²) in [6.07, 6.45) is 0.0915. The number of rotatable bonds is 3. The predicted molar refractivity (Wildman–Crippen MR) is 64.3 cm³/mol. The van der Waals surface area contributed by atoms with Gasteiger partial charge in [0.2, 0.25) is 0 Å².